The number of anilines is 1. The quantitative estimate of drug-likeness (QED) is 0.759. The fourth-order valence-corrected chi connectivity index (χ4v) is 4.26. The van der Waals surface area contributed by atoms with Gasteiger partial charge < -0.3 is 10.1 Å². The second-order valence-electron chi connectivity index (χ2n) is 5.66. The highest BCUT2D eigenvalue weighted by atomic mass is 79.9. The van der Waals surface area contributed by atoms with Crippen molar-refractivity contribution in [3.63, 3.8) is 0 Å². The number of ether oxygens (including phenoxy) is 1. The van der Waals surface area contributed by atoms with E-state index in [1.807, 2.05) is 0 Å². The second kappa shape index (κ2) is 7.81. The van der Waals surface area contributed by atoms with Gasteiger partial charge in [0.2, 0.25) is 0 Å². The maximum absolute atomic E-state index is 12.1. The summed E-state index contributed by atoms with van der Waals surface area (Å²) in [6.07, 6.45) is 4.00. The van der Waals surface area contributed by atoms with Crippen molar-refractivity contribution in [3.8, 4) is 6.07 Å². The maximum Gasteiger partial charge on any atom is 0.338 e. The van der Waals surface area contributed by atoms with Crippen LogP contribution in [0.3, 0.4) is 0 Å². The van der Waals surface area contributed by atoms with Crippen LogP contribution < -0.4 is 5.32 Å². The van der Waals surface area contributed by atoms with Gasteiger partial charge in [-0.25, -0.2) is 4.79 Å². The predicted molar refractivity (Wildman–Crippen MR) is 98.7 cm³/mol. The van der Waals surface area contributed by atoms with Gasteiger partial charge in [-0.2, -0.15) is 5.26 Å². The number of rotatable bonds is 4. The van der Waals surface area contributed by atoms with Gasteiger partial charge in [0.05, 0.1) is 11.1 Å². The third kappa shape index (κ3) is 4.09. The van der Waals surface area contributed by atoms with Crippen LogP contribution >= 0.6 is 27.3 Å². The molecule has 128 valence electrons. The number of nitrogens with zero attached hydrogens (tertiary/aromatic N) is 1. The Balaban J connectivity index is 1.61. The molecule has 0 spiro atoms. The lowest BCUT2D eigenvalue weighted by Gasteiger charge is -2.09. The molecule has 1 amide bonds. The Morgan fingerprint density at radius 2 is 1.96 bits per heavy atom. The molecule has 0 radical (unpaired) electrons. The molecule has 0 atom stereocenters. The van der Waals surface area contributed by atoms with E-state index in [2.05, 4.69) is 27.3 Å². The van der Waals surface area contributed by atoms with Gasteiger partial charge in [0.15, 0.2) is 6.61 Å². The zero-order valence-corrected chi connectivity index (χ0v) is 15.7. The van der Waals surface area contributed by atoms with Gasteiger partial charge >= 0.3 is 5.97 Å². The zero-order valence-electron chi connectivity index (χ0n) is 13.3. The lowest BCUT2D eigenvalue weighted by molar-refractivity contribution is -0.119. The highest BCUT2D eigenvalue weighted by Crippen LogP contribution is 2.37. The molecule has 1 aliphatic rings. The lowest BCUT2D eigenvalue weighted by atomic mass is 9.96. The molecule has 0 unspecified atom stereocenters. The largest absolute Gasteiger partial charge is 0.452 e. The average molecular weight is 419 g/mol. The first-order valence-electron chi connectivity index (χ1n) is 7.85. The highest BCUT2D eigenvalue weighted by molar-refractivity contribution is 9.10. The topological polar surface area (TPSA) is 79.2 Å². The van der Waals surface area contributed by atoms with E-state index in [0.29, 0.717) is 16.1 Å². The number of halogens is 1. The van der Waals surface area contributed by atoms with Crippen LogP contribution in [-0.2, 0) is 22.4 Å². The Bertz CT molecular complexity index is 852. The summed E-state index contributed by atoms with van der Waals surface area (Å²) < 4.78 is 5.89. The number of carbonyl (C=O) groups excluding carboxylic acids is 2. The van der Waals surface area contributed by atoms with E-state index in [0.717, 1.165) is 35.7 Å². The van der Waals surface area contributed by atoms with Crippen molar-refractivity contribution in [2.75, 3.05) is 11.9 Å². The van der Waals surface area contributed by atoms with Gasteiger partial charge in [0.1, 0.15) is 11.1 Å². The molecule has 0 bridgehead atoms. The number of amides is 1. The summed E-state index contributed by atoms with van der Waals surface area (Å²) in [4.78, 5) is 25.2. The molecule has 0 fully saturated rings. The third-order valence-electron chi connectivity index (χ3n) is 3.95. The van der Waals surface area contributed by atoms with Crippen molar-refractivity contribution in [1.29, 1.82) is 5.26 Å². The molecule has 0 aliphatic heterocycles. The van der Waals surface area contributed by atoms with Crippen LogP contribution in [0, 0.1) is 11.3 Å². The van der Waals surface area contributed by atoms with Crippen molar-refractivity contribution in [3.05, 3.63) is 50.3 Å². The number of esters is 1. The molecular weight excluding hydrogens is 404 g/mol. The Morgan fingerprint density at radius 3 is 2.68 bits per heavy atom. The molecule has 5 nitrogen and oxygen atoms in total. The minimum absolute atomic E-state index is 0.375. The van der Waals surface area contributed by atoms with Crippen molar-refractivity contribution >= 4 is 44.1 Å². The molecule has 0 saturated carbocycles. The van der Waals surface area contributed by atoms with E-state index in [9.17, 15) is 14.9 Å². The maximum atomic E-state index is 12.1. The number of hydrogen-bond acceptors (Lipinski definition) is 5. The highest BCUT2D eigenvalue weighted by Gasteiger charge is 2.22. The second-order valence-corrected chi connectivity index (χ2v) is 7.68. The Morgan fingerprint density at radius 1 is 1.24 bits per heavy atom. The minimum atomic E-state index is -0.561. The third-order valence-corrected chi connectivity index (χ3v) is 5.69. The minimum Gasteiger partial charge on any atom is -0.452 e. The fourth-order valence-electron chi connectivity index (χ4n) is 2.74. The lowest BCUT2D eigenvalue weighted by Crippen LogP contribution is -2.20. The normalized spacial score (nSPS) is 12.8. The Kier molecular flexibility index (Phi) is 5.51. The van der Waals surface area contributed by atoms with E-state index in [1.54, 1.807) is 24.3 Å². The van der Waals surface area contributed by atoms with Gasteiger partial charge in [-0.1, -0.05) is 15.9 Å². The van der Waals surface area contributed by atoms with Crippen LogP contribution in [0.1, 0.15) is 39.2 Å². The summed E-state index contributed by atoms with van der Waals surface area (Å²) in [5, 5.41) is 12.6. The first-order valence-corrected chi connectivity index (χ1v) is 9.46. The van der Waals surface area contributed by atoms with Gasteiger partial charge in [-0.05, 0) is 55.5 Å². The van der Waals surface area contributed by atoms with Crippen LogP contribution in [0.4, 0.5) is 5.00 Å². The molecule has 1 heterocycles. The number of hydrogen-bond donors (Lipinski definition) is 1. The zero-order chi connectivity index (χ0) is 17.8. The molecule has 0 saturated heterocycles. The monoisotopic (exact) mass is 418 g/mol. The number of nitriles is 1. The molecule has 1 aromatic carbocycles. The fraction of sp³-hybridized carbons (Fsp3) is 0.278. The number of benzene rings is 1. The number of thiophene rings is 1. The molecule has 25 heavy (non-hydrogen) atoms. The van der Waals surface area contributed by atoms with E-state index >= 15 is 0 Å². The van der Waals surface area contributed by atoms with Gasteiger partial charge in [-0.15, -0.1) is 11.3 Å². The van der Waals surface area contributed by atoms with Crippen LogP contribution in [0.15, 0.2) is 28.7 Å². The van der Waals surface area contributed by atoms with Crippen LogP contribution in [0.5, 0.6) is 0 Å². The van der Waals surface area contributed by atoms with E-state index in [1.165, 1.54) is 16.2 Å². The van der Waals surface area contributed by atoms with Gasteiger partial charge in [0.25, 0.3) is 5.91 Å². The first kappa shape index (κ1) is 17.6. The number of nitrogens with one attached hydrogen (secondary N) is 1. The number of fused-ring (bicyclic) bond motifs is 1. The summed E-state index contributed by atoms with van der Waals surface area (Å²) in [6, 6.07) is 8.88. The van der Waals surface area contributed by atoms with Crippen molar-refractivity contribution in [1.82, 2.24) is 0 Å². The van der Waals surface area contributed by atoms with Gasteiger partial charge in [-0.3, -0.25) is 4.79 Å². The average Bonchev–Trinajstić information content (AvgIpc) is 2.97. The molecule has 2 aromatic rings. The van der Waals surface area contributed by atoms with Crippen molar-refractivity contribution in [2.45, 2.75) is 25.7 Å². The molecular formula is C18H15BrN2O3S. The molecule has 3 rings (SSSR count). The molecule has 1 N–H and O–H groups in total. The Labute approximate surface area is 157 Å². The molecule has 7 heteroatoms. The molecule has 1 aliphatic carbocycles. The molecule has 1 aromatic heterocycles. The summed E-state index contributed by atoms with van der Waals surface area (Å²) in [7, 11) is 0. The summed E-state index contributed by atoms with van der Waals surface area (Å²) >= 11 is 4.74. The van der Waals surface area contributed by atoms with E-state index in [4.69, 9.17) is 4.74 Å². The van der Waals surface area contributed by atoms with Crippen LogP contribution in [0.25, 0.3) is 0 Å². The van der Waals surface area contributed by atoms with Crippen LogP contribution in [0.2, 0.25) is 0 Å². The van der Waals surface area contributed by atoms with E-state index < -0.39 is 11.9 Å². The van der Waals surface area contributed by atoms with E-state index in [-0.39, 0.29) is 6.61 Å². The number of carbonyl (C=O) groups is 2. The van der Waals surface area contributed by atoms with Crippen molar-refractivity contribution < 1.29 is 14.3 Å². The van der Waals surface area contributed by atoms with Gasteiger partial charge in [0, 0.05) is 9.35 Å². The first-order chi connectivity index (χ1) is 12.1. The predicted octanol–water partition coefficient (Wildman–Crippen LogP) is 4.06. The number of aryl methyl sites for hydroxylation is 1. The smallest absolute Gasteiger partial charge is 0.338 e. The summed E-state index contributed by atoms with van der Waals surface area (Å²) in [5.74, 6) is -1.01. The standard InChI is InChI=1S/C18H15BrN2O3S/c19-12-7-5-11(6-8-12)18(23)24-10-16(22)21-17-14(9-20)13-3-1-2-4-15(13)25-17/h5-8H,1-4,10H2,(H,21,22). The summed E-state index contributed by atoms with van der Waals surface area (Å²) in [5.41, 5.74) is 1.98. The van der Waals surface area contributed by atoms with Crippen LogP contribution in [-0.4, -0.2) is 18.5 Å². The SMILES string of the molecule is N#Cc1c(NC(=O)COC(=O)c2ccc(Br)cc2)sc2c1CCCC2. The van der Waals surface area contributed by atoms with Crippen molar-refractivity contribution in [2.24, 2.45) is 0 Å². The summed E-state index contributed by atoms with van der Waals surface area (Å²) in [6.45, 7) is -0.387. The Hall–Kier alpha value is -2.17.